The summed E-state index contributed by atoms with van der Waals surface area (Å²) in [6, 6.07) is 19.0. The van der Waals surface area contributed by atoms with Gasteiger partial charge in [-0.05, 0) is 54.6 Å². The number of thioether (sulfide) groups is 1. The van der Waals surface area contributed by atoms with E-state index in [9.17, 15) is 4.79 Å². The van der Waals surface area contributed by atoms with E-state index < -0.39 is 0 Å². The highest BCUT2D eigenvalue weighted by molar-refractivity contribution is 7.99. The highest BCUT2D eigenvalue weighted by Crippen LogP contribution is 2.22. The van der Waals surface area contributed by atoms with Crippen LogP contribution in [0.4, 0.5) is 5.69 Å². The summed E-state index contributed by atoms with van der Waals surface area (Å²) in [6.45, 7) is 4.01. The van der Waals surface area contributed by atoms with Crippen molar-refractivity contribution in [2.24, 2.45) is 0 Å². The Hall–Kier alpha value is -2.86. The van der Waals surface area contributed by atoms with Crippen molar-refractivity contribution in [1.82, 2.24) is 10.2 Å². The zero-order chi connectivity index (χ0) is 19.1. The molecule has 0 aliphatic rings. The number of amides is 1. The van der Waals surface area contributed by atoms with Crippen LogP contribution < -0.4 is 10.1 Å². The number of anilines is 1. The van der Waals surface area contributed by atoms with Gasteiger partial charge >= 0.3 is 0 Å². The zero-order valence-corrected chi connectivity index (χ0v) is 16.1. The Morgan fingerprint density at radius 2 is 1.93 bits per heavy atom. The average molecular weight is 379 g/mol. The number of nitrogens with one attached hydrogen (secondary N) is 1. The van der Waals surface area contributed by atoms with E-state index in [-0.39, 0.29) is 12.5 Å². The lowest BCUT2D eigenvalue weighted by atomic mass is 10.1. The van der Waals surface area contributed by atoms with E-state index in [4.69, 9.17) is 4.74 Å². The van der Waals surface area contributed by atoms with E-state index in [2.05, 4.69) is 22.4 Å². The lowest BCUT2D eigenvalue weighted by molar-refractivity contribution is -0.118. The second kappa shape index (κ2) is 9.19. The zero-order valence-electron chi connectivity index (χ0n) is 15.3. The van der Waals surface area contributed by atoms with Gasteiger partial charge in [0.2, 0.25) is 0 Å². The molecule has 6 heteroatoms. The average Bonchev–Trinajstić information content (AvgIpc) is 2.68. The summed E-state index contributed by atoms with van der Waals surface area (Å²) >= 11 is 1.65. The molecule has 0 saturated heterocycles. The van der Waals surface area contributed by atoms with Gasteiger partial charge in [0.1, 0.15) is 10.8 Å². The second-order valence-electron chi connectivity index (χ2n) is 5.92. The predicted octanol–water partition coefficient (Wildman–Crippen LogP) is 4.58. The van der Waals surface area contributed by atoms with Crippen LogP contribution in [0.25, 0.3) is 11.3 Å². The number of aromatic nitrogens is 2. The fraction of sp³-hybridized carbons (Fsp3) is 0.190. The van der Waals surface area contributed by atoms with Gasteiger partial charge in [0.15, 0.2) is 6.61 Å². The first-order valence-corrected chi connectivity index (χ1v) is 9.69. The first kappa shape index (κ1) is 18.9. The van der Waals surface area contributed by atoms with Gasteiger partial charge < -0.3 is 10.1 Å². The summed E-state index contributed by atoms with van der Waals surface area (Å²) in [7, 11) is 0. The molecule has 1 N–H and O–H groups in total. The van der Waals surface area contributed by atoms with Crippen molar-refractivity contribution in [2.45, 2.75) is 18.9 Å². The lowest BCUT2D eigenvalue weighted by Gasteiger charge is -2.09. The van der Waals surface area contributed by atoms with Crippen LogP contribution in [-0.2, 0) is 4.79 Å². The largest absolute Gasteiger partial charge is 0.484 e. The molecule has 0 radical (unpaired) electrons. The van der Waals surface area contributed by atoms with E-state index in [0.717, 1.165) is 27.6 Å². The summed E-state index contributed by atoms with van der Waals surface area (Å²) in [4.78, 5) is 12.2. The standard InChI is InChI=1S/C21H21N3O2S/c1-3-27-21-11-10-19(23-24-21)16-7-5-8-17(13-16)22-20(25)14-26-18-9-4-6-15(2)12-18/h4-13H,3,14H2,1-2H3,(H,22,25). The Morgan fingerprint density at radius 1 is 1.07 bits per heavy atom. The molecule has 0 aliphatic carbocycles. The van der Waals surface area contributed by atoms with Crippen LogP contribution in [0.3, 0.4) is 0 Å². The predicted molar refractivity (Wildman–Crippen MR) is 109 cm³/mol. The molecule has 3 rings (SSSR count). The smallest absolute Gasteiger partial charge is 0.262 e. The summed E-state index contributed by atoms with van der Waals surface area (Å²) in [6.07, 6.45) is 0. The molecule has 0 bridgehead atoms. The van der Waals surface area contributed by atoms with Gasteiger partial charge in [-0.3, -0.25) is 4.79 Å². The monoisotopic (exact) mass is 379 g/mol. The quantitative estimate of drug-likeness (QED) is 0.609. The fourth-order valence-corrected chi connectivity index (χ4v) is 3.06. The Balaban J connectivity index is 1.62. The minimum Gasteiger partial charge on any atom is -0.484 e. The van der Waals surface area contributed by atoms with Crippen LogP contribution >= 0.6 is 11.8 Å². The van der Waals surface area contributed by atoms with Crippen LogP contribution in [0.5, 0.6) is 5.75 Å². The molecule has 5 nitrogen and oxygen atoms in total. The minimum atomic E-state index is -0.213. The van der Waals surface area contributed by atoms with Crippen molar-refractivity contribution >= 4 is 23.4 Å². The molecule has 3 aromatic rings. The first-order valence-electron chi connectivity index (χ1n) is 8.70. The second-order valence-corrected chi connectivity index (χ2v) is 7.21. The molecule has 0 unspecified atom stereocenters. The highest BCUT2D eigenvalue weighted by Gasteiger charge is 2.07. The van der Waals surface area contributed by atoms with Crippen LogP contribution in [-0.4, -0.2) is 28.5 Å². The van der Waals surface area contributed by atoms with Gasteiger partial charge in [0.05, 0.1) is 5.69 Å². The normalized spacial score (nSPS) is 10.4. The van der Waals surface area contributed by atoms with Gasteiger partial charge in [0, 0.05) is 11.3 Å². The molecule has 0 fully saturated rings. The van der Waals surface area contributed by atoms with Crippen molar-refractivity contribution in [3.63, 3.8) is 0 Å². The Labute approximate surface area is 163 Å². The molecule has 0 atom stereocenters. The van der Waals surface area contributed by atoms with E-state index in [0.29, 0.717) is 11.4 Å². The molecule has 0 aliphatic heterocycles. The van der Waals surface area contributed by atoms with E-state index in [1.165, 1.54) is 0 Å². The molecule has 27 heavy (non-hydrogen) atoms. The maximum Gasteiger partial charge on any atom is 0.262 e. The Morgan fingerprint density at radius 3 is 2.67 bits per heavy atom. The number of hydrogen-bond acceptors (Lipinski definition) is 5. The summed E-state index contributed by atoms with van der Waals surface area (Å²) < 4.78 is 5.54. The third-order valence-electron chi connectivity index (χ3n) is 3.73. The number of ether oxygens (including phenoxy) is 1. The number of nitrogens with zero attached hydrogens (tertiary/aromatic N) is 2. The molecule has 0 spiro atoms. The van der Waals surface area contributed by atoms with Gasteiger partial charge in [-0.2, -0.15) is 0 Å². The molecule has 0 saturated carbocycles. The van der Waals surface area contributed by atoms with Crippen LogP contribution in [0.1, 0.15) is 12.5 Å². The van der Waals surface area contributed by atoms with Crippen molar-refractivity contribution in [2.75, 3.05) is 17.7 Å². The summed E-state index contributed by atoms with van der Waals surface area (Å²) in [5.74, 6) is 1.42. The molecular weight excluding hydrogens is 358 g/mol. The SMILES string of the molecule is CCSc1ccc(-c2cccc(NC(=O)COc3cccc(C)c3)c2)nn1. The van der Waals surface area contributed by atoms with Gasteiger partial charge in [-0.15, -0.1) is 22.0 Å². The van der Waals surface area contributed by atoms with Gasteiger partial charge in [-0.1, -0.05) is 31.2 Å². The molecular formula is C21H21N3O2S. The van der Waals surface area contributed by atoms with Gasteiger partial charge in [-0.25, -0.2) is 0 Å². The van der Waals surface area contributed by atoms with Gasteiger partial charge in [0.25, 0.3) is 5.91 Å². The first-order chi connectivity index (χ1) is 13.1. The maximum absolute atomic E-state index is 12.2. The van der Waals surface area contributed by atoms with Crippen LogP contribution in [0, 0.1) is 6.92 Å². The van der Waals surface area contributed by atoms with Crippen molar-refractivity contribution in [1.29, 1.82) is 0 Å². The molecule has 1 heterocycles. The Bertz CT molecular complexity index is 913. The number of carbonyl (C=O) groups is 1. The third-order valence-corrected chi connectivity index (χ3v) is 4.54. The van der Waals surface area contributed by atoms with Crippen molar-refractivity contribution in [3.05, 3.63) is 66.2 Å². The third kappa shape index (κ3) is 5.56. The summed E-state index contributed by atoms with van der Waals surface area (Å²) in [5, 5.41) is 12.2. The van der Waals surface area contributed by atoms with Crippen molar-refractivity contribution < 1.29 is 9.53 Å². The topological polar surface area (TPSA) is 64.1 Å². The van der Waals surface area contributed by atoms with E-state index >= 15 is 0 Å². The minimum absolute atomic E-state index is 0.0452. The maximum atomic E-state index is 12.2. The van der Waals surface area contributed by atoms with Crippen LogP contribution in [0.2, 0.25) is 0 Å². The Kier molecular flexibility index (Phi) is 6.44. The van der Waals surface area contributed by atoms with Crippen LogP contribution in [0.15, 0.2) is 65.7 Å². The number of hydrogen-bond donors (Lipinski definition) is 1. The van der Waals surface area contributed by atoms with Crippen molar-refractivity contribution in [3.8, 4) is 17.0 Å². The number of benzene rings is 2. The highest BCUT2D eigenvalue weighted by atomic mass is 32.2. The molecule has 1 amide bonds. The van der Waals surface area contributed by atoms with E-state index in [1.54, 1.807) is 11.8 Å². The van der Waals surface area contributed by atoms with E-state index in [1.807, 2.05) is 67.6 Å². The lowest BCUT2D eigenvalue weighted by Crippen LogP contribution is -2.20. The number of aryl methyl sites for hydroxylation is 1. The number of carbonyl (C=O) groups excluding carboxylic acids is 1. The summed E-state index contributed by atoms with van der Waals surface area (Å²) in [5.41, 5.74) is 3.44. The molecule has 2 aromatic carbocycles. The molecule has 138 valence electrons. The molecule has 1 aromatic heterocycles. The number of rotatable bonds is 7. The fourth-order valence-electron chi connectivity index (χ4n) is 2.51.